The molecule has 2 aromatic carbocycles. The highest BCUT2D eigenvalue weighted by Crippen LogP contribution is 2.32. The molecule has 1 fully saturated rings. The van der Waals surface area contributed by atoms with Crippen molar-refractivity contribution in [2.24, 2.45) is 0 Å². The van der Waals surface area contributed by atoms with E-state index in [1.54, 1.807) is 0 Å². The average molecular weight is 385 g/mol. The first-order valence-corrected chi connectivity index (χ1v) is 8.70. The highest BCUT2D eigenvalue weighted by atomic mass is 35.5. The first-order valence-electron chi connectivity index (χ1n) is 8.70. The average Bonchev–Trinajstić information content (AvgIpc) is 2.63. The van der Waals surface area contributed by atoms with Crippen LogP contribution >= 0.6 is 12.4 Å². The molecule has 0 saturated carbocycles. The van der Waals surface area contributed by atoms with Crippen molar-refractivity contribution in [2.45, 2.75) is 25.1 Å². The van der Waals surface area contributed by atoms with Gasteiger partial charge in [0.1, 0.15) is 0 Å². The fourth-order valence-electron chi connectivity index (χ4n) is 3.38. The summed E-state index contributed by atoms with van der Waals surface area (Å²) in [4.78, 5) is 2.17. The third kappa shape index (κ3) is 5.73. The van der Waals surface area contributed by atoms with Crippen LogP contribution < -0.4 is 5.32 Å². The van der Waals surface area contributed by atoms with Gasteiger partial charge in [0.2, 0.25) is 0 Å². The molecule has 1 aliphatic rings. The number of nitrogens with zero attached hydrogens (tertiary/aromatic N) is 1. The summed E-state index contributed by atoms with van der Waals surface area (Å²) in [5, 5.41) is 3.26. The summed E-state index contributed by atoms with van der Waals surface area (Å²) in [5.74, 6) is 0. The minimum atomic E-state index is -4.11. The van der Waals surface area contributed by atoms with Gasteiger partial charge in [-0.2, -0.15) is 13.2 Å². The van der Waals surface area contributed by atoms with Gasteiger partial charge in [-0.3, -0.25) is 4.90 Å². The van der Waals surface area contributed by atoms with Crippen molar-refractivity contribution in [3.8, 4) is 11.1 Å². The summed E-state index contributed by atoms with van der Waals surface area (Å²) in [5.41, 5.74) is 3.16. The molecule has 1 aliphatic heterocycles. The standard InChI is InChI=1S/C20H23F3N2.ClH/c21-20(22,23)11-10-19(25-14-12-24-13-15-25)18-8-6-17(7-9-18)16-4-2-1-3-5-16;/h1-9,19,24H,10-15H2;1H/t19-;/m0./s1. The maximum absolute atomic E-state index is 12.8. The van der Waals surface area contributed by atoms with E-state index in [1.165, 1.54) is 0 Å². The minimum Gasteiger partial charge on any atom is -0.314 e. The number of hydrogen-bond acceptors (Lipinski definition) is 2. The van der Waals surface area contributed by atoms with E-state index in [2.05, 4.69) is 10.2 Å². The Bertz CT molecular complexity index is 653. The second kappa shape index (κ2) is 9.40. The summed E-state index contributed by atoms with van der Waals surface area (Å²) >= 11 is 0. The second-order valence-corrected chi connectivity index (χ2v) is 6.44. The molecule has 2 aromatic rings. The number of alkyl halides is 3. The molecule has 2 nitrogen and oxygen atoms in total. The van der Waals surface area contributed by atoms with Crippen LogP contribution in [0.3, 0.4) is 0 Å². The van der Waals surface area contributed by atoms with Gasteiger partial charge >= 0.3 is 6.18 Å². The molecular formula is C20H24ClF3N2. The van der Waals surface area contributed by atoms with Crippen LogP contribution in [0.1, 0.15) is 24.4 Å². The molecule has 26 heavy (non-hydrogen) atoms. The zero-order chi connectivity index (χ0) is 17.7. The largest absolute Gasteiger partial charge is 0.389 e. The lowest BCUT2D eigenvalue weighted by Crippen LogP contribution is -2.45. The third-order valence-corrected chi connectivity index (χ3v) is 4.70. The third-order valence-electron chi connectivity index (χ3n) is 4.70. The van der Waals surface area contributed by atoms with Crippen LogP contribution in [-0.4, -0.2) is 37.3 Å². The Hall–Kier alpha value is -1.56. The molecule has 142 valence electrons. The molecule has 0 bridgehead atoms. The molecule has 0 amide bonds. The highest BCUT2D eigenvalue weighted by molar-refractivity contribution is 5.85. The molecule has 0 aromatic heterocycles. The lowest BCUT2D eigenvalue weighted by molar-refractivity contribution is -0.138. The topological polar surface area (TPSA) is 15.3 Å². The van der Waals surface area contributed by atoms with Crippen molar-refractivity contribution >= 4 is 12.4 Å². The monoisotopic (exact) mass is 384 g/mol. The minimum absolute atomic E-state index is 0. The number of hydrogen-bond donors (Lipinski definition) is 1. The molecule has 0 radical (unpaired) electrons. The number of halogens is 4. The van der Waals surface area contributed by atoms with Crippen LogP contribution in [-0.2, 0) is 0 Å². The van der Waals surface area contributed by atoms with Gasteiger partial charge in [-0.05, 0) is 23.1 Å². The normalized spacial score (nSPS) is 16.7. The Kier molecular flexibility index (Phi) is 7.50. The van der Waals surface area contributed by atoms with E-state index < -0.39 is 12.6 Å². The molecule has 3 rings (SSSR count). The van der Waals surface area contributed by atoms with Crippen LogP contribution in [0.5, 0.6) is 0 Å². The predicted octanol–water partition coefficient (Wildman–Crippen LogP) is 5.06. The van der Waals surface area contributed by atoms with E-state index in [4.69, 9.17) is 0 Å². The van der Waals surface area contributed by atoms with Crippen molar-refractivity contribution in [3.63, 3.8) is 0 Å². The molecule has 0 aliphatic carbocycles. The summed E-state index contributed by atoms with van der Waals surface area (Å²) in [6.07, 6.45) is -4.76. The quantitative estimate of drug-likeness (QED) is 0.774. The molecule has 0 unspecified atom stereocenters. The van der Waals surface area contributed by atoms with Gasteiger partial charge in [-0.25, -0.2) is 0 Å². The number of rotatable bonds is 5. The van der Waals surface area contributed by atoms with Crippen LogP contribution in [0.2, 0.25) is 0 Å². The Morgan fingerprint density at radius 2 is 1.46 bits per heavy atom. The van der Waals surface area contributed by atoms with Crippen molar-refractivity contribution in [3.05, 3.63) is 60.2 Å². The predicted molar refractivity (Wildman–Crippen MR) is 102 cm³/mol. The van der Waals surface area contributed by atoms with E-state index in [1.807, 2.05) is 54.6 Å². The van der Waals surface area contributed by atoms with Gasteiger partial charge in [-0.15, -0.1) is 12.4 Å². The first kappa shape index (κ1) is 20.7. The fraction of sp³-hybridized carbons (Fsp3) is 0.400. The summed E-state index contributed by atoms with van der Waals surface area (Å²) in [7, 11) is 0. The van der Waals surface area contributed by atoms with E-state index in [9.17, 15) is 13.2 Å². The van der Waals surface area contributed by atoms with Crippen LogP contribution in [0, 0.1) is 0 Å². The van der Waals surface area contributed by atoms with Crippen molar-refractivity contribution in [1.82, 2.24) is 10.2 Å². The lowest BCUT2D eigenvalue weighted by Gasteiger charge is -2.35. The first-order chi connectivity index (χ1) is 12.0. The van der Waals surface area contributed by atoms with Crippen LogP contribution in [0.4, 0.5) is 13.2 Å². The van der Waals surface area contributed by atoms with Gasteiger partial charge in [0, 0.05) is 38.6 Å². The maximum atomic E-state index is 12.8. The zero-order valence-electron chi connectivity index (χ0n) is 14.5. The van der Waals surface area contributed by atoms with Crippen LogP contribution in [0.15, 0.2) is 54.6 Å². The van der Waals surface area contributed by atoms with Gasteiger partial charge in [0.05, 0.1) is 0 Å². The molecule has 1 heterocycles. The SMILES string of the molecule is Cl.FC(F)(F)CC[C@@H](c1ccc(-c2ccccc2)cc1)N1CCNCC1. The van der Waals surface area contributed by atoms with Crippen molar-refractivity contribution in [2.75, 3.05) is 26.2 Å². The molecule has 6 heteroatoms. The van der Waals surface area contributed by atoms with E-state index in [0.29, 0.717) is 0 Å². The lowest BCUT2D eigenvalue weighted by atomic mass is 9.96. The summed E-state index contributed by atoms with van der Waals surface area (Å²) in [6, 6.07) is 17.8. The molecule has 0 spiro atoms. The van der Waals surface area contributed by atoms with Gasteiger partial charge in [0.15, 0.2) is 0 Å². The number of nitrogens with one attached hydrogen (secondary N) is 1. The zero-order valence-corrected chi connectivity index (χ0v) is 15.3. The summed E-state index contributed by atoms with van der Waals surface area (Å²) in [6.45, 7) is 3.21. The summed E-state index contributed by atoms with van der Waals surface area (Å²) < 4.78 is 38.3. The number of piperazine rings is 1. The Morgan fingerprint density at radius 1 is 0.885 bits per heavy atom. The van der Waals surface area contributed by atoms with Gasteiger partial charge < -0.3 is 5.32 Å². The highest BCUT2D eigenvalue weighted by Gasteiger charge is 2.31. The number of benzene rings is 2. The van der Waals surface area contributed by atoms with E-state index in [-0.39, 0.29) is 24.9 Å². The molecule has 1 saturated heterocycles. The molecule has 1 N–H and O–H groups in total. The Balaban J connectivity index is 0.00000243. The smallest absolute Gasteiger partial charge is 0.314 e. The van der Waals surface area contributed by atoms with Crippen molar-refractivity contribution in [1.29, 1.82) is 0 Å². The fourth-order valence-corrected chi connectivity index (χ4v) is 3.38. The Labute approximate surface area is 158 Å². The maximum Gasteiger partial charge on any atom is 0.389 e. The van der Waals surface area contributed by atoms with Crippen LogP contribution in [0.25, 0.3) is 11.1 Å². The van der Waals surface area contributed by atoms with E-state index >= 15 is 0 Å². The Morgan fingerprint density at radius 3 is 2.04 bits per heavy atom. The van der Waals surface area contributed by atoms with Gasteiger partial charge in [-0.1, -0.05) is 54.6 Å². The van der Waals surface area contributed by atoms with E-state index in [0.717, 1.165) is 42.9 Å². The molecule has 1 atom stereocenters. The second-order valence-electron chi connectivity index (χ2n) is 6.44. The van der Waals surface area contributed by atoms with Gasteiger partial charge in [0.25, 0.3) is 0 Å². The molecular weight excluding hydrogens is 361 g/mol. The van der Waals surface area contributed by atoms with Crippen molar-refractivity contribution < 1.29 is 13.2 Å².